The van der Waals surface area contributed by atoms with Gasteiger partial charge in [0.1, 0.15) is 0 Å². The Bertz CT molecular complexity index is 525. The minimum absolute atomic E-state index is 0.407. The maximum absolute atomic E-state index is 11.5. The number of halogens is 1. The largest absolute Gasteiger partial charge is 0.465 e. The van der Waals surface area contributed by atoms with E-state index < -0.39 is 5.97 Å². The third-order valence-electron chi connectivity index (χ3n) is 2.13. The molecule has 0 atom stereocenters. The van der Waals surface area contributed by atoms with Gasteiger partial charge in [-0.25, -0.2) is 4.79 Å². The van der Waals surface area contributed by atoms with E-state index >= 15 is 0 Å². The van der Waals surface area contributed by atoms with Gasteiger partial charge in [-0.1, -0.05) is 11.6 Å². The Balaban J connectivity index is 2.76. The van der Waals surface area contributed by atoms with Crippen LogP contribution in [0.3, 0.4) is 0 Å². The van der Waals surface area contributed by atoms with E-state index in [1.807, 2.05) is 0 Å². The van der Waals surface area contributed by atoms with Crippen molar-refractivity contribution in [2.45, 2.75) is 0 Å². The standard InChI is InChI=1S/C11H8ClNO2/c1-15-11(14)9-5-8(12)4-7-2-3-13-6-10(7)9/h2-6H,1H3. The van der Waals surface area contributed by atoms with Crippen LogP contribution in [0.5, 0.6) is 0 Å². The molecule has 0 spiro atoms. The van der Waals surface area contributed by atoms with Gasteiger partial charge in [0.25, 0.3) is 0 Å². The molecule has 1 aromatic carbocycles. The third-order valence-corrected chi connectivity index (χ3v) is 2.34. The van der Waals surface area contributed by atoms with Crippen molar-refractivity contribution in [3.8, 4) is 0 Å². The van der Waals surface area contributed by atoms with E-state index in [2.05, 4.69) is 9.72 Å². The maximum atomic E-state index is 11.5. The van der Waals surface area contributed by atoms with E-state index in [0.29, 0.717) is 10.6 Å². The number of fused-ring (bicyclic) bond motifs is 1. The van der Waals surface area contributed by atoms with Gasteiger partial charge in [0.2, 0.25) is 0 Å². The lowest BCUT2D eigenvalue weighted by atomic mass is 10.1. The molecule has 0 aliphatic heterocycles. The van der Waals surface area contributed by atoms with Crippen molar-refractivity contribution in [1.82, 2.24) is 4.98 Å². The average molecular weight is 222 g/mol. The summed E-state index contributed by atoms with van der Waals surface area (Å²) in [5, 5.41) is 2.13. The number of benzene rings is 1. The van der Waals surface area contributed by atoms with E-state index in [-0.39, 0.29) is 0 Å². The molecular formula is C11H8ClNO2. The predicted molar refractivity (Wildman–Crippen MR) is 58.1 cm³/mol. The van der Waals surface area contributed by atoms with Crippen LogP contribution in [-0.2, 0) is 4.74 Å². The number of rotatable bonds is 1. The van der Waals surface area contributed by atoms with Crippen molar-refractivity contribution in [1.29, 1.82) is 0 Å². The van der Waals surface area contributed by atoms with Gasteiger partial charge in [0.05, 0.1) is 12.7 Å². The molecule has 0 aliphatic carbocycles. The summed E-state index contributed by atoms with van der Waals surface area (Å²) in [6.45, 7) is 0. The molecule has 0 aliphatic rings. The van der Waals surface area contributed by atoms with Gasteiger partial charge >= 0.3 is 5.97 Å². The topological polar surface area (TPSA) is 39.2 Å². The van der Waals surface area contributed by atoms with Crippen LogP contribution in [0.25, 0.3) is 10.8 Å². The first kappa shape index (κ1) is 9.93. The molecule has 0 radical (unpaired) electrons. The lowest BCUT2D eigenvalue weighted by Gasteiger charge is -2.04. The molecule has 2 aromatic rings. The van der Waals surface area contributed by atoms with E-state index in [4.69, 9.17) is 11.6 Å². The molecule has 15 heavy (non-hydrogen) atoms. The fourth-order valence-electron chi connectivity index (χ4n) is 1.44. The number of methoxy groups -OCH3 is 1. The van der Waals surface area contributed by atoms with Crippen LogP contribution >= 0.6 is 11.6 Å². The van der Waals surface area contributed by atoms with Gasteiger partial charge < -0.3 is 4.74 Å². The van der Waals surface area contributed by atoms with Crippen molar-refractivity contribution in [2.24, 2.45) is 0 Å². The summed E-state index contributed by atoms with van der Waals surface area (Å²) in [6, 6.07) is 5.16. The van der Waals surface area contributed by atoms with Crippen LogP contribution < -0.4 is 0 Å². The first-order valence-corrected chi connectivity index (χ1v) is 4.72. The van der Waals surface area contributed by atoms with Gasteiger partial charge in [-0.15, -0.1) is 0 Å². The van der Waals surface area contributed by atoms with Gasteiger partial charge in [-0.05, 0) is 23.6 Å². The third kappa shape index (κ3) is 1.78. The second kappa shape index (κ2) is 3.87. The second-order valence-corrected chi connectivity index (χ2v) is 3.48. The molecule has 76 valence electrons. The maximum Gasteiger partial charge on any atom is 0.338 e. The van der Waals surface area contributed by atoms with Crippen molar-refractivity contribution >= 4 is 28.3 Å². The number of hydrogen-bond donors (Lipinski definition) is 0. The average Bonchev–Trinajstić information content (AvgIpc) is 2.26. The van der Waals surface area contributed by atoms with Crippen LogP contribution in [0.1, 0.15) is 10.4 Å². The number of hydrogen-bond acceptors (Lipinski definition) is 3. The normalized spacial score (nSPS) is 10.3. The highest BCUT2D eigenvalue weighted by atomic mass is 35.5. The molecule has 2 rings (SSSR count). The minimum atomic E-state index is -0.407. The summed E-state index contributed by atoms with van der Waals surface area (Å²) in [6.07, 6.45) is 3.28. The molecule has 1 aromatic heterocycles. The number of pyridine rings is 1. The zero-order chi connectivity index (χ0) is 10.8. The Morgan fingerprint density at radius 3 is 3.00 bits per heavy atom. The summed E-state index contributed by atoms with van der Waals surface area (Å²) in [4.78, 5) is 15.4. The smallest absolute Gasteiger partial charge is 0.338 e. The first-order chi connectivity index (χ1) is 7.22. The van der Waals surface area contributed by atoms with Gasteiger partial charge in [0.15, 0.2) is 0 Å². The number of nitrogens with zero attached hydrogens (tertiary/aromatic N) is 1. The molecule has 0 fully saturated rings. The zero-order valence-corrected chi connectivity index (χ0v) is 8.78. The molecule has 0 amide bonds. The molecular weight excluding hydrogens is 214 g/mol. The second-order valence-electron chi connectivity index (χ2n) is 3.04. The Hall–Kier alpha value is -1.61. The lowest BCUT2D eigenvalue weighted by Crippen LogP contribution is -2.02. The van der Waals surface area contributed by atoms with Crippen LogP contribution in [0, 0.1) is 0 Å². The van der Waals surface area contributed by atoms with Gasteiger partial charge in [-0.3, -0.25) is 4.98 Å². The number of aromatic nitrogens is 1. The quantitative estimate of drug-likeness (QED) is 0.695. The molecule has 0 unspecified atom stereocenters. The van der Waals surface area contributed by atoms with Crippen molar-refractivity contribution in [3.05, 3.63) is 41.2 Å². The van der Waals surface area contributed by atoms with Gasteiger partial charge in [-0.2, -0.15) is 0 Å². The van der Waals surface area contributed by atoms with Gasteiger partial charge in [0, 0.05) is 22.8 Å². The Kier molecular flexibility index (Phi) is 2.56. The highest BCUT2D eigenvalue weighted by Crippen LogP contribution is 2.23. The number of carbonyl (C=O) groups excluding carboxylic acids is 1. The number of carbonyl (C=O) groups is 1. The van der Waals surface area contributed by atoms with Crippen LogP contribution in [0.15, 0.2) is 30.6 Å². The summed E-state index contributed by atoms with van der Waals surface area (Å²) < 4.78 is 4.67. The van der Waals surface area contributed by atoms with E-state index in [1.165, 1.54) is 7.11 Å². The monoisotopic (exact) mass is 221 g/mol. The van der Waals surface area contributed by atoms with E-state index in [0.717, 1.165) is 10.8 Å². The molecule has 0 saturated carbocycles. The summed E-state index contributed by atoms with van der Waals surface area (Å²) in [5.74, 6) is -0.407. The molecule has 3 nitrogen and oxygen atoms in total. The molecule has 0 N–H and O–H groups in total. The fraction of sp³-hybridized carbons (Fsp3) is 0.0909. The van der Waals surface area contributed by atoms with Crippen molar-refractivity contribution in [3.63, 3.8) is 0 Å². The van der Waals surface area contributed by atoms with Crippen LogP contribution in [-0.4, -0.2) is 18.1 Å². The number of esters is 1. The predicted octanol–water partition coefficient (Wildman–Crippen LogP) is 2.67. The first-order valence-electron chi connectivity index (χ1n) is 4.34. The Morgan fingerprint density at radius 2 is 2.27 bits per heavy atom. The fourth-order valence-corrected chi connectivity index (χ4v) is 1.67. The van der Waals surface area contributed by atoms with E-state index in [9.17, 15) is 4.79 Å². The molecule has 1 heterocycles. The highest BCUT2D eigenvalue weighted by molar-refractivity contribution is 6.32. The molecule has 0 saturated heterocycles. The van der Waals surface area contributed by atoms with Crippen LogP contribution in [0.4, 0.5) is 0 Å². The van der Waals surface area contributed by atoms with Crippen LogP contribution in [0.2, 0.25) is 5.02 Å². The highest BCUT2D eigenvalue weighted by Gasteiger charge is 2.11. The summed E-state index contributed by atoms with van der Waals surface area (Å²) in [7, 11) is 1.34. The minimum Gasteiger partial charge on any atom is -0.465 e. The SMILES string of the molecule is COC(=O)c1cc(Cl)cc2ccncc12. The summed E-state index contributed by atoms with van der Waals surface area (Å²) in [5.41, 5.74) is 0.438. The summed E-state index contributed by atoms with van der Waals surface area (Å²) >= 11 is 5.90. The van der Waals surface area contributed by atoms with Crippen molar-refractivity contribution < 1.29 is 9.53 Å². The lowest BCUT2D eigenvalue weighted by molar-refractivity contribution is 0.0603. The Labute approximate surface area is 91.6 Å². The van der Waals surface area contributed by atoms with E-state index in [1.54, 1.807) is 30.6 Å². The zero-order valence-electron chi connectivity index (χ0n) is 8.03. The molecule has 0 bridgehead atoms. The molecule has 4 heteroatoms. The Morgan fingerprint density at radius 1 is 1.47 bits per heavy atom. The number of ether oxygens (including phenoxy) is 1. The van der Waals surface area contributed by atoms with Crippen molar-refractivity contribution in [2.75, 3.05) is 7.11 Å².